The highest BCUT2D eigenvalue weighted by Crippen LogP contribution is 2.07. The van der Waals surface area contributed by atoms with E-state index in [0.29, 0.717) is 0 Å². The van der Waals surface area contributed by atoms with E-state index in [1.54, 1.807) is 0 Å². The predicted octanol–water partition coefficient (Wildman–Crippen LogP) is -2.09. The van der Waals surface area contributed by atoms with Gasteiger partial charge in [-0.3, -0.25) is 0 Å². The summed E-state index contributed by atoms with van der Waals surface area (Å²) in [6.07, 6.45) is 1.61. The molecule has 6 nitrogen and oxygen atoms in total. The molecule has 2 heterocycles. The van der Waals surface area contributed by atoms with Gasteiger partial charge < -0.3 is 19.8 Å². The Morgan fingerprint density at radius 2 is 1.94 bits per heavy atom. The van der Waals surface area contributed by atoms with Crippen LogP contribution in [0, 0.1) is 0 Å². The number of rotatable bonds is 2. The smallest absolute Gasteiger partial charge is 0.423 e. The molecule has 7 heteroatoms. The maximum absolute atomic E-state index is 9.05. The number of nitrogens with zero attached hydrogens (tertiary/aromatic N) is 4. The van der Waals surface area contributed by atoms with Crippen LogP contribution in [0.4, 0.5) is 5.95 Å². The van der Waals surface area contributed by atoms with Gasteiger partial charge in [0.05, 0.1) is 5.48 Å². The molecule has 0 unspecified atom stereocenters. The van der Waals surface area contributed by atoms with E-state index in [1.165, 1.54) is 0 Å². The first kappa shape index (κ1) is 3.94. The zero-order valence-corrected chi connectivity index (χ0v) is 7.92. The zero-order valence-electron chi connectivity index (χ0n) is 18.9. The molecular formula is C9H15BN4O2. The first-order valence-corrected chi connectivity index (χ1v) is 4.19. The van der Waals surface area contributed by atoms with E-state index in [-0.39, 0.29) is 10.4 Å². The lowest BCUT2D eigenvalue weighted by molar-refractivity contribution is 0.311. The van der Waals surface area contributed by atoms with Crippen molar-refractivity contribution in [1.29, 1.82) is 0 Å². The molecule has 0 radical (unpaired) electrons. The molecule has 1 aromatic heterocycles. The first-order chi connectivity index (χ1) is 11.9. The van der Waals surface area contributed by atoms with Gasteiger partial charge in [0.2, 0.25) is 5.95 Å². The SMILES string of the molecule is [2H]C([2H])([2H])N1C([2H])([2H])C([2H])([2H])N(c2ncc(B(O)O)cn2)C([2H])([2H])C1([2H])[2H]. The van der Waals surface area contributed by atoms with Crippen molar-refractivity contribution in [3.8, 4) is 0 Å². The Kier molecular flexibility index (Phi) is 1.17. The molecule has 0 atom stereocenters. The van der Waals surface area contributed by atoms with Crippen molar-refractivity contribution in [2.45, 2.75) is 0 Å². The molecule has 0 amide bonds. The van der Waals surface area contributed by atoms with Crippen molar-refractivity contribution in [2.24, 2.45) is 0 Å². The lowest BCUT2D eigenvalue weighted by Gasteiger charge is -2.32. The monoisotopic (exact) mass is 233 g/mol. The molecule has 2 N–H and O–H groups in total. The molecule has 0 aromatic carbocycles. The van der Waals surface area contributed by atoms with Crippen LogP contribution in [0.1, 0.15) is 15.1 Å². The van der Waals surface area contributed by atoms with Gasteiger partial charge in [0.1, 0.15) is 0 Å². The Morgan fingerprint density at radius 3 is 2.44 bits per heavy atom. The lowest BCUT2D eigenvalue weighted by atomic mass is 9.83. The maximum atomic E-state index is 9.05. The second-order valence-electron chi connectivity index (χ2n) is 2.81. The molecule has 2 rings (SSSR count). The van der Waals surface area contributed by atoms with Crippen molar-refractivity contribution in [3.05, 3.63) is 12.4 Å². The van der Waals surface area contributed by atoms with E-state index < -0.39 is 50.9 Å². The molecule has 1 aromatic rings. The standard InChI is InChI=1S/C9H15BN4O2/c1-13-2-4-14(5-3-13)9-11-6-8(7-12-9)10(15)16/h6-7,15-16H,2-5H2,1H3/i1D3,2D2,3D2,4D2,5D2. The van der Waals surface area contributed by atoms with E-state index in [0.717, 1.165) is 12.4 Å². The summed E-state index contributed by atoms with van der Waals surface area (Å²) in [5, 5.41) is 18.1. The number of hydrogen-bond donors (Lipinski definition) is 2. The largest absolute Gasteiger partial charge is 0.491 e. The summed E-state index contributed by atoms with van der Waals surface area (Å²) in [6, 6.07) is 0. The maximum Gasteiger partial charge on any atom is 0.491 e. The summed E-state index contributed by atoms with van der Waals surface area (Å²) in [7, 11) is -1.97. The van der Waals surface area contributed by atoms with E-state index in [9.17, 15) is 0 Å². The summed E-state index contributed by atoms with van der Waals surface area (Å²) in [4.78, 5) is 6.62. The van der Waals surface area contributed by atoms with Gasteiger partial charge in [0, 0.05) is 53.4 Å². The molecule has 0 aliphatic carbocycles. The third-order valence-corrected chi connectivity index (χ3v) is 1.70. The van der Waals surface area contributed by atoms with Crippen LogP contribution < -0.4 is 10.4 Å². The van der Waals surface area contributed by atoms with Gasteiger partial charge in [-0.1, -0.05) is 0 Å². The second-order valence-corrected chi connectivity index (χ2v) is 2.81. The molecule has 1 aliphatic heterocycles. The normalized spacial score (nSPS) is 41.1. The summed E-state index contributed by atoms with van der Waals surface area (Å²) in [5.41, 5.74) is -0.230. The highest BCUT2D eigenvalue weighted by molar-refractivity contribution is 6.58. The summed E-state index contributed by atoms with van der Waals surface area (Å²) in [6.45, 7) is -17.4. The van der Waals surface area contributed by atoms with Gasteiger partial charge in [-0.25, -0.2) is 9.97 Å². The molecule has 86 valence electrons. The van der Waals surface area contributed by atoms with Crippen molar-refractivity contribution in [3.63, 3.8) is 0 Å². The fourth-order valence-corrected chi connectivity index (χ4v) is 0.936. The minimum atomic E-state index is -3.54. The molecule has 1 fully saturated rings. The molecule has 16 heavy (non-hydrogen) atoms. The van der Waals surface area contributed by atoms with Crippen molar-refractivity contribution in [1.82, 2.24) is 14.9 Å². The quantitative estimate of drug-likeness (QED) is 0.570. The number of piperazine rings is 1. The zero-order chi connectivity index (χ0) is 21.2. The molecule has 0 saturated carbocycles. The van der Waals surface area contributed by atoms with Crippen molar-refractivity contribution < 1.29 is 25.1 Å². The molecule has 0 bridgehead atoms. The Morgan fingerprint density at radius 1 is 1.31 bits per heavy atom. The van der Waals surface area contributed by atoms with E-state index in [1.807, 2.05) is 0 Å². The number of hydrogen-bond acceptors (Lipinski definition) is 6. The van der Waals surface area contributed by atoms with Gasteiger partial charge >= 0.3 is 7.12 Å². The molecular weight excluding hydrogens is 207 g/mol. The van der Waals surface area contributed by atoms with Crippen LogP contribution in [0.5, 0.6) is 0 Å². The second kappa shape index (κ2) is 4.77. The average molecular weight is 233 g/mol. The van der Waals surface area contributed by atoms with Crippen LogP contribution in [-0.4, -0.2) is 65.0 Å². The highest BCUT2D eigenvalue weighted by atomic mass is 16.4. The third kappa shape index (κ3) is 2.49. The van der Waals surface area contributed by atoms with Crippen LogP contribution in [0.2, 0.25) is 0 Å². The van der Waals surface area contributed by atoms with Gasteiger partial charge in [0.25, 0.3) is 0 Å². The van der Waals surface area contributed by atoms with E-state index in [4.69, 9.17) is 25.1 Å². The summed E-state index contributed by atoms with van der Waals surface area (Å²) >= 11 is 0. The summed E-state index contributed by atoms with van der Waals surface area (Å²) < 4.78 is 86.1. The number of aromatic nitrogens is 2. The fraction of sp³-hybridized carbons (Fsp3) is 0.556. The number of anilines is 1. The molecule has 1 aliphatic rings. The van der Waals surface area contributed by atoms with Crippen molar-refractivity contribution in [2.75, 3.05) is 37.9 Å². The van der Waals surface area contributed by atoms with Gasteiger partial charge in [-0.05, 0) is 6.98 Å². The topological polar surface area (TPSA) is 72.7 Å². The summed E-state index contributed by atoms with van der Waals surface area (Å²) in [5.74, 6) is -0.813. The van der Waals surface area contributed by atoms with Crippen LogP contribution in [0.3, 0.4) is 0 Å². The van der Waals surface area contributed by atoms with Crippen LogP contribution in [0.25, 0.3) is 0 Å². The Hall–Kier alpha value is -1.18. The van der Waals surface area contributed by atoms with Crippen LogP contribution >= 0.6 is 0 Å². The minimum Gasteiger partial charge on any atom is -0.423 e. The first-order valence-electron chi connectivity index (χ1n) is 9.69. The van der Waals surface area contributed by atoms with Crippen LogP contribution in [-0.2, 0) is 0 Å². The van der Waals surface area contributed by atoms with Gasteiger partial charge in [0.15, 0.2) is 0 Å². The predicted molar refractivity (Wildman–Crippen MR) is 61.6 cm³/mol. The Labute approximate surface area is 110 Å². The molecule has 1 saturated heterocycles. The Bertz CT molecular complexity index is 683. The van der Waals surface area contributed by atoms with Crippen LogP contribution in [0.15, 0.2) is 12.4 Å². The minimum absolute atomic E-state index is 0.0320. The fourth-order valence-electron chi connectivity index (χ4n) is 0.936. The third-order valence-electron chi connectivity index (χ3n) is 1.70. The Balaban J connectivity index is 2.72. The highest BCUT2D eigenvalue weighted by Gasteiger charge is 2.17. The number of likely N-dealkylation sites (N-methyl/N-ethyl adjacent to an activating group) is 1. The van der Waals surface area contributed by atoms with Gasteiger partial charge in [-0.2, -0.15) is 0 Å². The van der Waals surface area contributed by atoms with E-state index >= 15 is 0 Å². The van der Waals surface area contributed by atoms with Gasteiger partial charge in [-0.15, -0.1) is 0 Å². The van der Waals surface area contributed by atoms with E-state index in [2.05, 4.69) is 9.97 Å². The van der Waals surface area contributed by atoms with Crippen molar-refractivity contribution >= 4 is 18.5 Å². The lowest BCUT2D eigenvalue weighted by Crippen LogP contribution is -2.45. The average Bonchev–Trinajstić information content (AvgIpc) is 2.43. The molecule has 0 spiro atoms.